The number of aryl methyl sites for hydroxylation is 3. The Hall–Kier alpha value is -2.34. The van der Waals surface area contributed by atoms with Crippen molar-refractivity contribution in [2.45, 2.75) is 20.8 Å². The second-order valence-electron chi connectivity index (χ2n) is 5.96. The van der Waals surface area contributed by atoms with Gasteiger partial charge in [0.25, 0.3) is 0 Å². The van der Waals surface area contributed by atoms with E-state index < -0.39 is 0 Å². The molecule has 2 amide bonds. The molecule has 0 aliphatic heterocycles. The number of benzene rings is 2. The lowest BCUT2D eigenvalue weighted by Gasteiger charge is -2.13. The average molecular weight is 404 g/mol. The van der Waals surface area contributed by atoms with Gasteiger partial charge in [-0.05, 0) is 50.1 Å². The molecule has 3 N–H and O–H groups in total. The predicted octanol–water partition coefficient (Wildman–Crippen LogP) is 3.54. The minimum absolute atomic E-state index is 0.0637. The highest BCUT2D eigenvalue weighted by Gasteiger charge is 2.10. The molecule has 0 unspecified atom stereocenters. The minimum Gasteiger partial charge on any atom is -0.376 e. The van der Waals surface area contributed by atoms with Gasteiger partial charge in [0, 0.05) is 15.8 Å². The number of nitrogens with one attached hydrogen (secondary N) is 3. The van der Waals surface area contributed by atoms with Crippen LogP contribution >= 0.6 is 15.9 Å². The molecule has 0 aliphatic rings. The summed E-state index contributed by atoms with van der Waals surface area (Å²) in [6.07, 6.45) is 0. The van der Waals surface area contributed by atoms with Gasteiger partial charge in [-0.2, -0.15) is 0 Å². The van der Waals surface area contributed by atoms with E-state index in [-0.39, 0.29) is 24.9 Å². The van der Waals surface area contributed by atoms with E-state index in [4.69, 9.17) is 0 Å². The van der Waals surface area contributed by atoms with Crippen LogP contribution in [0.4, 0.5) is 11.4 Å². The topological polar surface area (TPSA) is 70.2 Å². The molecule has 6 heteroatoms. The van der Waals surface area contributed by atoms with E-state index in [2.05, 4.69) is 31.9 Å². The van der Waals surface area contributed by atoms with E-state index in [1.807, 2.05) is 57.2 Å². The predicted molar refractivity (Wildman–Crippen MR) is 105 cm³/mol. The summed E-state index contributed by atoms with van der Waals surface area (Å²) in [6, 6.07) is 11.6. The molecule has 0 aromatic heterocycles. The molecule has 0 saturated heterocycles. The maximum Gasteiger partial charge on any atom is 0.243 e. The number of anilines is 2. The van der Waals surface area contributed by atoms with Crippen LogP contribution < -0.4 is 16.0 Å². The lowest BCUT2D eigenvalue weighted by Crippen LogP contribution is -2.36. The smallest absolute Gasteiger partial charge is 0.243 e. The van der Waals surface area contributed by atoms with E-state index in [1.165, 1.54) is 0 Å². The zero-order valence-corrected chi connectivity index (χ0v) is 16.2. The Labute approximate surface area is 156 Å². The summed E-state index contributed by atoms with van der Waals surface area (Å²) in [5, 5.41) is 8.48. The van der Waals surface area contributed by atoms with Crippen molar-refractivity contribution in [3.05, 3.63) is 57.6 Å². The Morgan fingerprint density at radius 2 is 1.64 bits per heavy atom. The summed E-state index contributed by atoms with van der Waals surface area (Å²) >= 11 is 3.37. The van der Waals surface area contributed by atoms with Crippen LogP contribution in [0.3, 0.4) is 0 Å². The van der Waals surface area contributed by atoms with Gasteiger partial charge in [0.15, 0.2) is 0 Å². The molecule has 25 heavy (non-hydrogen) atoms. The van der Waals surface area contributed by atoms with Crippen LogP contribution in [-0.4, -0.2) is 24.9 Å². The molecule has 0 heterocycles. The third kappa shape index (κ3) is 5.90. The van der Waals surface area contributed by atoms with E-state index in [0.717, 1.165) is 32.5 Å². The van der Waals surface area contributed by atoms with Crippen LogP contribution in [0.2, 0.25) is 0 Å². The number of halogens is 1. The van der Waals surface area contributed by atoms with Gasteiger partial charge in [-0.3, -0.25) is 9.59 Å². The Morgan fingerprint density at radius 3 is 2.28 bits per heavy atom. The Kier molecular flexibility index (Phi) is 6.58. The molecule has 2 aromatic carbocycles. The number of carbonyl (C=O) groups excluding carboxylic acids is 2. The molecule has 0 saturated carbocycles. The van der Waals surface area contributed by atoms with Crippen molar-refractivity contribution < 1.29 is 9.59 Å². The summed E-state index contributed by atoms with van der Waals surface area (Å²) in [7, 11) is 0. The first-order valence-electron chi connectivity index (χ1n) is 7.99. The summed E-state index contributed by atoms with van der Waals surface area (Å²) in [5.74, 6) is -0.488. The van der Waals surface area contributed by atoms with Gasteiger partial charge >= 0.3 is 0 Å². The lowest BCUT2D eigenvalue weighted by atomic mass is 10.1. The maximum absolute atomic E-state index is 12.1. The molecule has 0 aliphatic carbocycles. The summed E-state index contributed by atoms with van der Waals surface area (Å²) in [4.78, 5) is 23.9. The summed E-state index contributed by atoms with van der Waals surface area (Å²) in [5.41, 5.74) is 4.80. The molecule has 2 rings (SSSR count). The number of rotatable bonds is 6. The number of carbonyl (C=O) groups is 2. The van der Waals surface area contributed by atoms with Crippen LogP contribution in [0, 0.1) is 20.8 Å². The van der Waals surface area contributed by atoms with Crippen LogP contribution in [0.5, 0.6) is 0 Å². The van der Waals surface area contributed by atoms with Gasteiger partial charge in [-0.15, -0.1) is 0 Å². The Bertz CT molecular complexity index is 767. The summed E-state index contributed by atoms with van der Waals surface area (Å²) < 4.78 is 0.932. The minimum atomic E-state index is -0.245. The molecular formula is C19H22BrN3O2. The highest BCUT2D eigenvalue weighted by Crippen LogP contribution is 2.21. The highest BCUT2D eigenvalue weighted by molar-refractivity contribution is 9.10. The van der Waals surface area contributed by atoms with Gasteiger partial charge in [-0.1, -0.05) is 39.7 Å². The van der Waals surface area contributed by atoms with Gasteiger partial charge in [0.05, 0.1) is 13.1 Å². The van der Waals surface area contributed by atoms with Gasteiger partial charge in [0.2, 0.25) is 11.8 Å². The van der Waals surface area contributed by atoms with Gasteiger partial charge in [0.1, 0.15) is 0 Å². The summed E-state index contributed by atoms with van der Waals surface area (Å²) in [6.45, 7) is 5.97. The fourth-order valence-corrected chi connectivity index (χ4v) is 2.98. The maximum atomic E-state index is 12.1. The van der Waals surface area contributed by atoms with Crippen LogP contribution in [0.1, 0.15) is 16.7 Å². The largest absolute Gasteiger partial charge is 0.376 e. The van der Waals surface area contributed by atoms with Crippen LogP contribution in [0.15, 0.2) is 40.9 Å². The fraction of sp³-hybridized carbons (Fsp3) is 0.263. The van der Waals surface area contributed by atoms with Crippen molar-refractivity contribution in [1.29, 1.82) is 0 Å². The van der Waals surface area contributed by atoms with Crippen molar-refractivity contribution in [2.24, 2.45) is 0 Å². The van der Waals surface area contributed by atoms with E-state index in [1.54, 1.807) is 0 Å². The standard InChI is InChI=1S/C19H22BrN3O2/c1-12-7-13(2)19(14(3)8-12)23-18(25)11-22-17(24)10-21-16-6-4-5-15(20)9-16/h4-9,21H,10-11H2,1-3H3,(H,22,24)(H,23,25). The first-order valence-corrected chi connectivity index (χ1v) is 8.78. The molecular weight excluding hydrogens is 382 g/mol. The van der Waals surface area contributed by atoms with Crippen molar-refractivity contribution in [3.8, 4) is 0 Å². The average Bonchev–Trinajstić information content (AvgIpc) is 2.54. The van der Waals surface area contributed by atoms with Crippen molar-refractivity contribution in [3.63, 3.8) is 0 Å². The van der Waals surface area contributed by atoms with Crippen molar-refractivity contribution >= 4 is 39.1 Å². The van der Waals surface area contributed by atoms with E-state index in [0.29, 0.717) is 0 Å². The number of hydrogen-bond acceptors (Lipinski definition) is 3. The molecule has 2 aromatic rings. The zero-order chi connectivity index (χ0) is 18.4. The third-order valence-corrected chi connectivity index (χ3v) is 4.16. The molecule has 5 nitrogen and oxygen atoms in total. The third-order valence-electron chi connectivity index (χ3n) is 3.67. The van der Waals surface area contributed by atoms with Crippen molar-refractivity contribution in [1.82, 2.24) is 5.32 Å². The molecule has 0 atom stereocenters. The van der Waals surface area contributed by atoms with Gasteiger partial charge in [-0.25, -0.2) is 0 Å². The molecule has 132 valence electrons. The SMILES string of the molecule is Cc1cc(C)c(NC(=O)CNC(=O)CNc2cccc(Br)c2)c(C)c1. The van der Waals surface area contributed by atoms with Crippen LogP contribution in [0.25, 0.3) is 0 Å². The first kappa shape index (κ1) is 19.0. The Balaban J connectivity index is 1.81. The molecule has 0 bridgehead atoms. The number of hydrogen-bond donors (Lipinski definition) is 3. The fourth-order valence-electron chi connectivity index (χ4n) is 2.58. The zero-order valence-electron chi connectivity index (χ0n) is 14.6. The highest BCUT2D eigenvalue weighted by atomic mass is 79.9. The monoisotopic (exact) mass is 403 g/mol. The second kappa shape index (κ2) is 8.67. The molecule has 0 fully saturated rings. The Morgan fingerprint density at radius 1 is 0.960 bits per heavy atom. The van der Waals surface area contributed by atoms with E-state index in [9.17, 15) is 9.59 Å². The molecule has 0 spiro atoms. The first-order chi connectivity index (χ1) is 11.8. The van der Waals surface area contributed by atoms with Gasteiger partial charge < -0.3 is 16.0 Å². The van der Waals surface area contributed by atoms with E-state index >= 15 is 0 Å². The quantitative estimate of drug-likeness (QED) is 0.690. The van der Waals surface area contributed by atoms with Crippen LogP contribution in [-0.2, 0) is 9.59 Å². The normalized spacial score (nSPS) is 10.2. The van der Waals surface area contributed by atoms with Crippen molar-refractivity contribution in [2.75, 3.05) is 23.7 Å². The number of amides is 2. The lowest BCUT2D eigenvalue weighted by molar-refractivity contribution is -0.122. The molecule has 0 radical (unpaired) electrons. The second-order valence-corrected chi connectivity index (χ2v) is 6.88.